The number of fused-ring (bicyclic) bond motifs is 4. The molecule has 184 valence electrons. The summed E-state index contributed by atoms with van der Waals surface area (Å²) < 4.78 is 0. The van der Waals surface area contributed by atoms with Crippen molar-refractivity contribution < 1.29 is 9.90 Å². The van der Waals surface area contributed by atoms with E-state index in [1.807, 2.05) is 42.5 Å². The number of nitrogens with two attached hydrogens (primary N) is 1. The van der Waals surface area contributed by atoms with Crippen molar-refractivity contribution in [2.75, 3.05) is 5.73 Å². The van der Waals surface area contributed by atoms with Crippen molar-refractivity contribution in [3.63, 3.8) is 0 Å². The molecule has 2 aromatic carbocycles. The summed E-state index contributed by atoms with van der Waals surface area (Å²) in [5, 5.41) is 22.4. The number of aromatic nitrogens is 4. The average molecular weight is 482 g/mol. The van der Waals surface area contributed by atoms with Crippen molar-refractivity contribution in [2.45, 2.75) is 62.4 Å². The number of ketones is 1. The van der Waals surface area contributed by atoms with Crippen LogP contribution in [-0.2, 0) is 10.2 Å². The van der Waals surface area contributed by atoms with Gasteiger partial charge in [0.15, 0.2) is 0 Å². The van der Waals surface area contributed by atoms with Crippen LogP contribution in [0.1, 0.15) is 67.6 Å². The second-order valence-electron chi connectivity index (χ2n) is 10.8. The van der Waals surface area contributed by atoms with E-state index < -0.39 is 6.10 Å². The lowest BCUT2D eigenvalue weighted by Gasteiger charge is -2.56. The normalized spacial score (nSPS) is 26.2. The first-order valence-electron chi connectivity index (χ1n) is 12.8. The van der Waals surface area contributed by atoms with Gasteiger partial charge in [-0.3, -0.25) is 4.79 Å². The number of hydrogen-bond acceptors (Lipinski definition) is 6. The second kappa shape index (κ2) is 8.82. The molecular formula is C29H31N5O2. The highest BCUT2D eigenvalue weighted by Gasteiger charge is 2.55. The van der Waals surface area contributed by atoms with Crippen molar-refractivity contribution in [3.8, 4) is 0 Å². The summed E-state index contributed by atoms with van der Waals surface area (Å²) in [5.41, 5.74) is 10.0. The van der Waals surface area contributed by atoms with Crippen molar-refractivity contribution in [3.05, 3.63) is 83.4 Å². The number of nitrogen functional groups attached to an aromatic ring is 1. The minimum absolute atomic E-state index is 0.130. The Labute approximate surface area is 210 Å². The zero-order valence-electron chi connectivity index (χ0n) is 20.2. The van der Waals surface area contributed by atoms with Crippen LogP contribution in [0.3, 0.4) is 0 Å². The topological polar surface area (TPSA) is 118 Å². The van der Waals surface area contributed by atoms with E-state index in [1.165, 1.54) is 5.56 Å². The van der Waals surface area contributed by atoms with Gasteiger partial charge >= 0.3 is 0 Å². The van der Waals surface area contributed by atoms with E-state index in [0.717, 1.165) is 36.8 Å². The number of carbonyl (C=O) groups is 1. The van der Waals surface area contributed by atoms with Gasteiger partial charge in [-0.05, 0) is 60.3 Å². The van der Waals surface area contributed by atoms with Crippen LogP contribution in [0.5, 0.6) is 0 Å². The number of benzene rings is 2. The summed E-state index contributed by atoms with van der Waals surface area (Å²) in [6.07, 6.45) is 4.88. The molecule has 4 N–H and O–H groups in total. The summed E-state index contributed by atoms with van der Waals surface area (Å²) >= 11 is 0. The fourth-order valence-corrected chi connectivity index (χ4v) is 6.82. The molecule has 2 heterocycles. The zero-order chi connectivity index (χ0) is 24.8. The predicted molar refractivity (Wildman–Crippen MR) is 138 cm³/mol. The summed E-state index contributed by atoms with van der Waals surface area (Å²) in [5.74, 6) is 0.365. The molecule has 7 heteroatoms. The number of pyridine rings is 1. The molecule has 2 aromatic heterocycles. The minimum Gasteiger partial charge on any atom is -0.392 e. The number of carbonyl (C=O) groups excluding carboxylic acids is 1. The van der Waals surface area contributed by atoms with E-state index >= 15 is 0 Å². The van der Waals surface area contributed by atoms with E-state index in [0.29, 0.717) is 36.2 Å². The van der Waals surface area contributed by atoms with Gasteiger partial charge in [-0.25, -0.2) is 4.98 Å². The highest BCUT2D eigenvalue weighted by molar-refractivity contribution is 5.83. The number of aliphatic hydroxyl groups excluding tert-OH is 1. The predicted octanol–water partition coefficient (Wildman–Crippen LogP) is 4.68. The van der Waals surface area contributed by atoms with Gasteiger partial charge in [0.2, 0.25) is 5.65 Å². The van der Waals surface area contributed by atoms with Crippen LogP contribution in [0.15, 0.2) is 66.7 Å². The van der Waals surface area contributed by atoms with E-state index in [4.69, 9.17) is 5.73 Å². The SMILES string of the molecule is Nc1cc([C@H](CC(=O)CC23CCC(c4ccccc4)(CC2)C(O)C3)c2ccccc2)c2n[nH]nc2n1. The first-order chi connectivity index (χ1) is 17.5. The summed E-state index contributed by atoms with van der Waals surface area (Å²) in [7, 11) is 0. The van der Waals surface area contributed by atoms with Crippen LogP contribution in [0, 0.1) is 5.41 Å². The number of Topliss-reactive ketones (excluding diaryl/α,β-unsaturated/α-hetero) is 1. The van der Waals surface area contributed by atoms with E-state index in [-0.39, 0.29) is 22.5 Å². The summed E-state index contributed by atoms with van der Waals surface area (Å²) in [6, 6.07) is 22.2. The van der Waals surface area contributed by atoms with Crippen molar-refractivity contribution in [2.24, 2.45) is 5.41 Å². The van der Waals surface area contributed by atoms with Gasteiger partial charge in [-0.1, -0.05) is 60.7 Å². The highest BCUT2D eigenvalue weighted by atomic mass is 16.3. The van der Waals surface area contributed by atoms with Gasteiger partial charge in [0.1, 0.15) is 17.1 Å². The van der Waals surface area contributed by atoms with Crippen LogP contribution in [0.4, 0.5) is 5.82 Å². The van der Waals surface area contributed by atoms with Crippen LogP contribution < -0.4 is 5.73 Å². The molecule has 0 radical (unpaired) electrons. The number of rotatable bonds is 7. The Morgan fingerprint density at radius 2 is 1.72 bits per heavy atom. The first kappa shape index (κ1) is 22.9. The molecule has 0 spiro atoms. The number of nitrogens with one attached hydrogen (secondary N) is 1. The molecule has 3 saturated carbocycles. The van der Waals surface area contributed by atoms with Gasteiger partial charge in [0.25, 0.3) is 0 Å². The maximum atomic E-state index is 13.7. The molecule has 7 rings (SSSR count). The Hall–Kier alpha value is -3.58. The maximum absolute atomic E-state index is 13.7. The molecule has 3 aliphatic carbocycles. The van der Waals surface area contributed by atoms with Crippen LogP contribution in [0.2, 0.25) is 0 Å². The maximum Gasteiger partial charge on any atom is 0.203 e. The number of aliphatic hydroxyl groups is 1. The van der Waals surface area contributed by atoms with E-state index in [9.17, 15) is 9.90 Å². The number of anilines is 1. The molecule has 1 unspecified atom stereocenters. The molecule has 2 atom stereocenters. The third-order valence-electron chi connectivity index (χ3n) is 8.74. The van der Waals surface area contributed by atoms with Gasteiger partial charge in [0.05, 0.1) is 6.10 Å². The number of hydrogen-bond donors (Lipinski definition) is 3. The van der Waals surface area contributed by atoms with Gasteiger partial charge < -0.3 is 10.8 Å². The largest absolute Gasteiger partial charge is 0.392 e. The highest BCUT2D eigenvalue weighted by Crippen LogP contribution is 2.59. The minimum atomic E-state index is -0.421. The summed E-state index contributed by atoms with van der Waals surface area (Å²) in [6.45, 7) is 0. The Morgan fingerprint density at radius 3 is 2.42 bits per heavy atom. The zero-order valence-corrected chi connectivity index (χ0v) is 20.2. The van der Waals surface area contributed by atoms with Gasteiger partial charge in [-0.2, -0.15) is 10.3 Å². The number of H-pyrrole nitrogens is 1. The van der Waals surface area contributed by atoms with Crippen molar-refractivity contribution >= 4 is 22.8 Å². The molecule has 3 fully saturated rings. The molecule has 0 aliphatic heterocycles. The molecule has 0 amide bonds. The number of nitrogens with zero attached hydrogens (tertiary/aromatic N) is 3. The lowest BCUT2D eigenvalue weighted by Crippen LogP contribution is -2.54. The molecular weight excluding hydrogens is 450 g/mol. The average Bonchev–Trinajstić information content (AvgIpc) is 3.37. The smallest absolute Gasteiger partial charge is 0.203 e. The van der Waals surface area contributed by atoms with Crippen LogP contribution >= 0.6 is 0 Å². The Kier molecular flexibility index (Phi) is 5.60. The Balaban J connectivity index is 1.26. The third kappa shape index (κ3) is 3.88. The molecule has 7 nitrogen and oxygen atoms in total. The summed E-state index contributed by atoms with van der Waals surface area (Å²) in [4.78, 5) is 18.0. The molecule has 2 bridgehead atoms. The second-order valence-corrected chi connectivity index (χ2v) is 10.8. The quantitative estimate of drug-likeness (QED) is 0.353. The van der Waals surface area contributed by atoms with Crippen molar-refractivity contribution in [1.29, 1.82) is 0 Å². The van der Waals surface area contributed by atoms with E-state index in [1.54, 1.807) is 0 Å². The van der Waals surface area contributed by atoms with E-state index in [2.05, 4.69) is 44.7 Å². The first-order valence-corrected chi connectivity index (χ1v) is 12.8. The Morgan fingerprint density at radius 1 is 1.03 bits per heavy atom. The van der Waals surface area contributed by atoms with Crippen molar-refractivity contribution in [1.82, 2.24) is 20.4 Å². The lowest BCUT2D eigenvalue weighted by molar-refractivity contribution is -0.128. The third-order valence-corrected chi connectivity index (χ3v) is 8.74. The van der Waals surface area contributed by atoms with Crippen LogP contribution in [-0.4, -0.2) is 37.4 Å². The van der Waals surface area contributed by atoms with Gasteiger partial charge in [0, 0.05) is 24.2 Å². The molecule has 0 saturated heterocycles. The molecule has 36 heavy (non-hydrogen) atoms. The monoisotopic (exact) mass is 481 g/mol. The fourth-order valence-electron chi connectivity index (χ4n) is 6.82. The fraction of sp³-hybridized carbons (Fsp3) is 0.379. The molecule has 4 aromatic rings. The number of aromatic amines is 1. The standard InChI is InChI=1S/C29H31N5O2/c30-25-16-23(26-27(31-25)33-34-32-26)22(19-7-3-1-4-8-19)15-21(35)17-28-11-13-29(14-12-28,24(36)18-28)20-9-5-2-6-10-20/h1-10,16,22,24,36H,11-15,17-18H2,(H3,30,31,32,33,34)/t22-,24?,28?,29?/m1/s1. The molecule has 3 aliphatic rings. The van der Waals surface area contributed by atoms with Crippen LogP contribution in [0.25, 0.3) is 11.2 Å². The Bertz CT molecular complexity index is 1380. The van der Waals surface area contributed by atoms with Gasteiger partial charge in [-0.15, -0.1) is 5.10 Å². The lowest BCUT2D eigenvalue weighted by atomic mass is 9.49.